The zero-order valence-electron chi connectivity index (χ0n) is 29.4. The number of allylic oxidation sites excluding steroid dienone is 5. The van der Waals surface area contributed by atoms with Crippen LogP contribution in [0, 0.1) is 0 Å². The first-order chi connectivity index (χ1) is 21.7. The SMILES string of the molecule is CC/C=C\C/C=C\CCCCCCCCCCCCCCCCC(=O)NC(CO)C(O)/C=C/CCCCCCCCCCC. The molecule has 0 aliphatic heterocycles. The number of unbranched alkanes of at least 4 members (excludes halogenated alkanes) is 23. The first-order valence-electron chi connectivity index (χ1n) is 19.2. The summed E-state index contributed by atoms with van der Waals surface area (Å²) in [7, 11) is 0. The normalized spacial score (nSPS) is 13.5. The van der Waals surface area contributed by atoms with Crippen LogP contribution in [0.4, 0.5) is 0 Å². The molecule has 0 bridgehead atoms. The van der Waals surface area contributed by atoms with Gasteiger partial charge in [0.2, 0.25) is 5.91 Å². The molecule has 44 heavy (non-hydrogen) atoms. The molecular formula is C40H75NO3. The predicted octanol–water partition coefficient (Wildman–Crippen LogP) is 11.5. The summed E-state index contributed by atoms with van der Waals surface area (Å²) in [6.45, 7) is 4.19. The molecule has 0 aromatic heterocycles. The van der Waals surface area contributed by atoms with Crippen molar-refractivity contribution in [1.82, 2.24) is 5.32 Å². The van der Waals surface area contributed by atoms with E-state index in [0.717, 1.165) is 38.5 Å². The van der Waals surface area contributed by atoms with E-state index < -0.39 is 12.1 Å². The van der Waals surface area contributed by atoms with Crippen LogP contribution in [0.5, 0.6) is 0 Å². The maximum absolute atomic E-state index is 12.3. The van der Waals surface area contributed by atoms with E-state index >= 15 is 0 Å². The highest BCUT2D eigenvalue weighted by molar-refractivity contribution is 5.76. The maximum atomic E-state index is 12.3. The number of nitrogens with one attached hydrogen (secondary N) is 1. The monoisotopic (exact) mass is 618 g/mol. The van der Waals surface area contributed by atoms with Gasteiger partial charge in [-0.15, -0.1) is 0 Å². The van der Waals surface area contributed by atoms with Crippen LogP contribution in [0.25, 0.3) is 0 Å². The van der Waals surface area contributed by atoms with Crippen molar-refractivity contribution in [2.75, 3.05) is 6.61 Å². The molecule has 4 nitrogen and oxygen atoms in total. The quantitative estimate of drug-likeness (QED) is 0.0497. The topological polar surface area (TPSA) is 69.6 Å². The van der Waals surface area contributed by atoms with Gasteiger partial charge in [-0.25, -0.2) is 0 Å². The van der Waals surface area contributed by atoms with Gasteiger partial charge >= 0.3 is 0 Å². The van der Waals surface area contributed by atoms with Crippen molar-refractivity contribution >= 4 is 5.91 Å². The number of hydrogen-bond donors (Lipinski definition) is 3. The first kappa shape index (κ1) is 42.6. The first-order valence-corrected chi connectivity index (χ1v) is 19.2. The minimum Gasteiger partial charge on any atom is -0.394 e. The van der Waals surface area contributed by atoms with E-state index in [1.807, 2.05) is 6.08 Å². The Bertz CT molecular complexity index is 672. The van der Waals surface area contributed by atoms with Gasteiger partial charge in [0.05, 0.1) is 18.8 Å². The Hall–Kier alpha value is -1.39. The number of hydrogen-bond acceptors (Lipinski definition) is 3. The highest BCUT2D eigenvalue weighted by Gasteiger charge is 2.17. The van der Waals surface area contributed by atoms with Crippen molar-refractivity contribution in [3.05, 3.63) is 36.5 Å². The summed E-state index contributed by atoms with van der Waals surface area (Å²) in [6, 6.07) is -0.618. The molecule has 4 heteroatoms. The molecule has 0 fully saturated rings. The molecular weight excluding hydrogens is 542 g/mol. The van der Waals surface area contributed by atoms with E-state index in [-0.39, 0.29) is 12.5 Å². The van der Waals surface area contributed by atoms with Crippen molar-refractivity contribution in [1.29, 1.82) is 0 Å². The van der Waals surface area contributed by atoms with Crippen molar-refractivity contribution in [3.63, 3.8) is 0 Å². The summed E-state index contributed by atoms with van der Waals surface area (Å²) in [5, 5.41) is 22.9. The second kappa shape index (κ2) is 36.1. The smallest absolute Gasteiger partial charge is 0.220 e. The Kier molecular flexibility index (Phi) is 34.9. The van der Waals surface area contributed by atoms with Crippen molar-refractivity contribution in [2.45, 2.75) is 206 Å². The third-order valence-corrected chi connectivity index (χ3v) is 8.63. The summed E-state index contributed by atoms with van der Waals surface area (Å²) in [5.74, 6) is -0.0669. The minimum absolute atomic E-state index is 0.0669. The third-order valence-electron chi connectivity index (χ3n) is 8.63. The minimum atomic E-state index is -0.835. The lowest BCUT2D eigenvalue weighted by molar-refractivity contribution is -0.123. The molecule has 3 N–H and O–H groups in total. The molecule has 0 spiro atoms. The molecule has 0 rings (SSSR count). The molecule has 1 amide bonds. The summed E-state index contributed by atoms with van der Waals surface area (Å²) in [4.78, 5) is 12.3. The Morgan fingerprint density at radius 1 is 0.568 bits per heavy atom. The molecule has 2 unspecified atom stereocenters. The van der Waals surface area contributed by atoms with Gasteiger partial charge in [0.15, 0.2) is 0 Å². The zero-order chi connectivity index (χ0) is 32.2. The number of carbonyl (C=O) groups excluding carboxylic acids is 1. The van der Waals surface area contributed by atoms with Crippen LogP contribution in [0.15, 0.2) is 36.5 Å². The molecule has 2 atom stereocenters. The average molecular weight is 618 g/mol. The fourth-order valence-electron chi connectivity index (χ4n) is 5.69. The van der Waals surface area contributed by atoms with E-state index in [2.05, 4.69) is 43.5 Å². The number of aliphatic hydroxyl groups excluding tert-OH is 2. The molecule has 0 saturated carbocycles. The molecule has 0 radical (unpaired) electrons. The second-order valence-electron chi connectivity index (χ2n) is 13.0. The standard InChI is InChI=1S/C40H75NO3/c1-3-5-7-9-11-13-15-16-17-18-19-20-21-22-23-24-26-28-30-32-34-36-40(44)41-38(37-42)39(43)35-33-31-29-27-25-14-12-10-8-6-4-2/h5,7,11,13,33,35,38-39,42-43H,3-4,6,8-10,12,14-32,34,36-37H2,1-2H3,(H,41,44)/b7-5-,13-11-,35-33+. The van der Waals surface area contributed by atoms with Gasteiger partial charge < -0.3 is 15.5 Å². The van der Waals surface area contributed by atoms with E-state index in [4.69, 9.17) is 0 Å². The van der Waals surface area contributed by atoms with Gasteiger partial charge in [-0.3, -0.25) is 4.79 Å². The molecule has 0 aliphatic carbocycles. The zero-order valence-corrected chi connectivity index (χ0v) is 29.4. The predicted molar refractivity (Wildman–Crippen MR) is 193 cm³/mol. The van der Waals surface area contributed by atoms with Crippen LogP contribution in [0.3, 0.4) is 0 Å². The third kappa shape index (κ3) is 32.0. The van der Waals surface area contributed by atoms with Crippen LogP contribution >= 0.6 is 0 Å². The van der Waals surface area contributed by atoms with Crippen LogP contribution < -0.4 is 5.32 Å². The Morgan fingerprint density at radius 2 is 1.00 bits per heavy atom. The average Bonchev–Trinajstić information content (AvgIpc) is 3.03. The van der Waals surface area contributed by atoms with E-state index in [1.54, 1.807) is 6.08 Å². The van der Waals surface area contributed by atoms with Crippen molar-refractivity contribution in [3.8, 4) is 0 Å². The van der Waals surface area contributed by atoms with E-state index in [1.165, 1.54) is 135 Å². The number of carbonyl (C=O) groups is 1. The van der Waals surface area contributed by atoms with Crippen molar-refractivity contribution in [2.24, 2.45) is 0 Å². The lowest BCUT2D eigenvalue weighted by Crippen LogP contribution is -2.45. The molecule has 0 aromatic rings. The van der Waals surface area contributed by atoms with E-state index in [9.17, 15) is 15.0 Å². The molecule has 258 valence electrons. The van der Waals surface area contributed by atoms with Gasteiger partial charge in [-0.2, -0.15) is 0 Å². The fourth-order valence-corrected chi connectivity index (χ4v) is 5.69. The largest absolute Gasteiger partial charge is 0.394 e. The maximum Gasteiger partial charge on any atom is 0.220 e. The Morgan fingerprint density at radius 3 is 1.48 bits per heavy atom. The van der Waals surface area contributed by atoms with Gasteiger partial charge in [-0.1, -0.05) is 179 Å². The van der Waals surface area contributed by atoms with Crippen LogP contribution in [-0.2, 0) is 4.79 Å². The Labute approximate surface area is 274 Å². The molecule has 0 aliphatic rings. The lowest BCUT2D eigenvalue weighted by Gasteiger charge is -2.20. The summed E-state index contributed by atoms with van der Waals surface area (Å²) >= 11 is 0. The summed E-state index contributed by atoms with van der Waals surface area (Å²) < 4.78 is 0. The van der Waals surface area contributed by atoms with Crippen molar-refractivity contribution < 1.29 is 15.0 Å². The van der Waals surface area contributed by atoms with Gasteiger partial charge in [-0.05, 0) is 44.9 Å². The Balaban J connectivity index is 3.54. The van der Waals surface area contributed by atoms with Gasteiger partial charge in [0.1, 0.15) is 0 Å². The second-order valence-corrected chi connectivity index (χ2v) is 13.0. The molecule has 0 heterocycles. The summed E-state index contributed by atoms with van der Waals surface area (Å²) in [5.41, 5.74) is 0. The van der Waals surface area contributed by atoms with Crippen LogP contribution in [0.1, 0.15) is 194 Å². The summed E-state index contributed by atoms with van der Waals surface area (Å²) in [6.07, 6.45) is 46.7. The number of aliphatic hydroxyl groups is 2. The van der Waals surface area contributed by atoms with E-state index in [0.29, 0.717) is 6.42 Å². The molecule has 0 saturated heterocycles. The molecule has 0 aromatic carbocycles. The highest BCUT2D eigenvalue weighted by atomic mass is 16.3. The number of rotatable bonds is 34. The lowest BCUT2D eigenvalue weighted by atomic mass is 10.0. The van der Waals surface area contributed by atoms with Gasteiger partial charge in [0, 0.05) is 6.42 Å². The van der Waals surface area contributed by atoms with Crippen LogP contribution in [0.2, 0.25) is 0 Å². The number of amides is 1. The highest BCUT2D eigenvalue weighted by Crippen LogP contribution is 2.14. The fraction of sp³-hybridized carbons (Fsp3) is 0.825. The van der Waals surface area contributed by atoms with Gasteiger partial charge in [0.25, 0.3) is 0 Å². The van der Waals surface area contributed by atoms with Crippen LogP contribution in [-0.4, -0.2) is 34.9 Å².